The summed E-state index contributed by atoms with van der Waals surface area (Å²) in [5.74, 6) is 1.53. The molecule has 134 valence electrons. The quantitative estimate of drug-likeness (QED) is 0.751. The van der Waals surface area contributed by atoms with Crippen LogP contribution >= 0.6 is 0 Å². The summed E-state index contributed by atoms with van der Waals surface area (Å²) in [5.41, 5.74) is -0.0679. The molecule has 0 radical (unpaired) electrons. The minimum Gasteiger partial charge on any atom is -0.354 e. The van der Waals surface area contributed by atoms with Crippen molar-refractivity contribution in [3.63, 3.8) is 0 Å². The lowest BCUT2D eigenvalue weighted by Gasteiger charge is -2.18. The van der Waals surface area contributed by atoms with Gasteiger partial charge in [-0.1, -0.05) is 13.3 Å². The third-order valence-electron chi connectivity index (χ3n) is 4.61. The highest BCUT2D eigenvalue weighted by molar-refractivity contribution is 7.89. The number of sulfonamides is 1. The molecule has 1 atom stereocenters. The average molecular weight is 354 g/mol. The molecule has 2 aliphatic rings. The maximum absolute atomic E-state index is 12.0. The number of unbranched alkanes of at least 4 members (excludes halogenated alkanes) is 1. The van der Waals surface area contributed by atoms with Gasteiger partial charge in [0, 0.05) is 31.7 Å². The van der Waals surface area contributed by atoms with Crippen LogP contribution in [0.1, 0.15) is 39.0 Å². The summed E-state index contributed by atoms with van der Waals surface area (Å²) in [6.45, 7) is 4.01. The van der Waals surface area contributed by atoms with Gasteiger partial charge in [0.05, 0.1) is 5.75 Å². The number of anilines is 1. The SMILES string of the molecule is CCCCS(=O)(=O)NC1CCN(c2ccc(=O)n(CC3CC3)n2)C1. The van der Waals surface area contributed by atoms with Crippen LogP contribution in [0.2, 0.25) is 0 Å². The molecule has 2 heterocycles. The molecule has 1 aliphatic heterocycles. The Morgan fingerprint density at radius 3 is 2.79 bits per heavy atom. The fourth-order valence-corrected chi connectivity index (χ4v) is 4.48. The third-order valence-corrected chi connectivity index (χ3v) is 6.12. The van der Waals surface area contributed by atoms with Gasteiger partial charge >= 0.3 is 0 Å². The second kappa shape index (κ2) is 7.23. The molecule has 0 bridgehead atoms. The first-order valence-electron chi connectivity index (χ1n) is 8.80. The topological polar surface area (TPSA) is 84.3 Å². The molecule has 1 N–H and O–H groups in total. The molecule has 8 heteroatoms. The van der Waals surface area contributed by atoms with Gasteiger partial charge in [0.2, 0.25) is 10.0 Å². The van der Waals surface area contributed by atoms with Crippen molar-refractivity contribution in [1.29, 1.82) is 0 Å². The lowest BCUT2D eigenvalue weighted by Crippen LogP contribution is -2.38. The van der Waals surface area contributed by atoms with Crippen molar-refractivity contribution in [1.82, 2.24) is 14.5 Å². The van der Waals surface area contributed by atoms with Crippen LogP contribution in [0.3, 0.4) is 0 Å². The Hall–Kier alpha value is -1.41. The molecular formula is C16H26N4O3S. The standard InChI is InChI=1S/C16H26N4O3S/c1-2-3-10-24(22,23)18-14-8-9-19(12-14)15-6-7-16(21)20(17-15)11-13-4-5-13/h6-7,13-14,18H,2-5,8-12H2,1H3. The Morgan fingerprint density at radius 2 is 2.08 bits per heavy atom. The van der Waals surface area contributed by atoms with Gasteiger partial charge in [-0.3, -0.25) is 4.79 Å². The maximum atomic E-state index is 12.0. The molecule has 0 spiro atoms. The van der Waals surface area contributed by atoms with Crippen LogP contribution < -0.4 is 15.2 Å². The Kier molecular flexibility index (Phi) is 5.24. The van der Waals surface area contributed by atoms with E-state index >= 15 is 0 Å². The fourth-order valence-electron chi connectivity index (χ4n) is 2.99. The number of aromatic nitrogens is 2. The molecule has 2 fully saturated rings. The van der Waals surface area contributed by atoms with Crippen LogP contribution in [-0.4, -0.2) is 43.1 Å². The number of hydrogen-bond donors (Lipinski definition) is 1. The summed E-state index contributed by atoms with van der Waals surface area (Å²) in [4.78, 5) is 13.9. The Balaban J connectivity index is 1.62. The molecule has 1 unspecified atom stereocenters. The van der Waals surface area contributed by atoms with Crippen LogP contribution in [0.4, 0.5) is 5.82 Å². The zero-order chi connectivity index (χ0) is 17.2. The van der Waals surface area contributed by atoms with Gasteiger partial charge in [-0.05, 0) is 37.7 Å². The molecule has 1 aromatic rings. The Bertz CT molecular complexity index is 727. The molecule has 1 aromatic heterocycles. The first kappa shape index (κ1) is 17.4. The minimum absolute atomic E-state index is 0.0679. The van der Waals surface area contributed by atoms with E-state index in [1.165, 1.54) is 12.8 Å². The minimum atomic E-state index is -3.21. The molecule has 7 nitrogen and oxygen atoms in total. The van der Waals surface area contributed by atoms with Gasteiger partial charge in [-0.25, -0.2) is 17.8 Å². The van der Waals surface area contributed by atoms with E-state index in [0.717, 1.165) is 25.2 Å². The molecule has 1 saturated carbocycles. The second-order valence-electron chi connectivity index (χ2n) is 6.88. The smallest absolute Gasteiger partial charge is 0.266 e. The largest absolute Gasteiger partial charge is 0.354 e. The predicted octanol–water partition coefficient (Wildman–Crippen LogP) is 0.951. The summed E-state index contributed by atoms with van der Waals surface area (Å²) in [5, 5.41) is 4.47. The second-order valence-corrected chi connectivity index (χ2v) is 8.75. The summed E-state index contributed by atoms with van der Waals surface area (Å²) in [6.07, 6.45) is 4.64. The first-order valence-corrected chi connectivity index (χ1v) is 10.4. The van der Waals surface area contributed by atoms with Crippen molar-refractivity contribution in [3.05, 3.63) is 22.5 Å². The summed E-state index contributed by atoms with van der Waals surface area (Å²) in [7, 11) is -3.21. The average Bonchev–Trinajstić information content (AvgIpc) is 3.24. The van der Waals surface area contributed by atoms with E-state index in [9.17, 15) is 13.2 Å². The fraction of sp³-hybridized carbons (Fsp3) is 0.750. The van der Waals surface area contributed by atoms with E-state index in [1.807, 2.05) is 6.92 Å². The van der Waals surface area contributed by atoms with Crippen molar-refractivity contribution in [2.45, 2.75) is 51.6 Å². The van der Waals surface area contributed by atoms with Crippen LogP contribution in [0.25, 0.3) is 0 Å². The van der Waals surface area contributed by atoms with Gasteiger partial charge in [-0.15, -0.1) is 0 Å². The molecule has 24 heavy (non-hydrogen) atoms. The zero-order valence-electron chi connectivity index (χ0n) is 14.1. The zero-order valence-corrected chi connectivity index (χ0v) is 15.0. The van der Waals surface area contributed by atoms with Gasteiger partial charge in [-0.2, -0.15) is 5.10 Å². The molecule has 1 aliphatic carbocycles. The van der Waals surface area contributed by atoms with Gasteiger partial charge in [0.15, 0.2) is 0 Å². The van der Waals surface area contributed by atoms with Crippen LogP contribution in [-0.2, 0) is 16.6 Å². The molecule has 1 saturated heterocycles. The lowest BCUT2D eigenvalue weighted by molar-refractivity contribution is 0.531. The number of nitrogens with zero attached hydrogens (tertiary/aromatic N) is 3. The van der Waals surface area contributed by atoms with E-state index in [4.69, 9.17) is 0 Å². The monoisotopic (exact) mass is 354 g/mol. The number of hydrogen-bond acceptors (Lipinski definition) is 5. The molecule has 3 rings (SSSR count). The summed E-state index contributed by atoms with van der Waals surface area (Å²) < 4.78 is 28.4. The predicted molar refractivity (Wildman–Crippen MR) is 93.7 cm³/mol. The number of nitrogens with one attached hydrogen (secondary N) is 1. The summed E-state index contributed by atoms with van der Waals surface area (Å²) >= 11 is 0. The van der Waals surface area contributed by atoms with Crippen molar-refractivity contribution in [3.8, 4) is 0 Å². The van der Waals surface area contributed by atoms with Gasteiger partial charge in [0.1, 0.15) is 5.82 Å². The van der Waals surface area contributed by atoms with Crippen LogP contribution in [0, 0.1) is 5.92 Å². The number of rotatable bonds is 8. The van der Waals surface area contributed by atoms with Crippen LogP contribution in [0.5, 0.6) is 0 Å². The first-order chi connectivity index (χ1) is 11.5. The van der Waals surface area contributed by atoms with Crippen molar-refractivity contribution in [2.75, 3.05) is 23.7 Å². The molecular weight excluding hydrogens is 328 g/mol. The van der Waals surface area contributed by atoms with E-state index < -0.39 is 10.0 Å². The van der Waals surface area contributed by atoms with E-state index in [-0.39, 0.29) is 17.4 Å². The molecule has 0 amide bonds. The van der Waals surface area contributed by atoms with Crippen molar-refractivity contribution < 1.29 is 8.42 Å². The highest BCUT2D eigenvalue weighted by atomic mass is 32.2. The molecule has 0 aromatic carbocycles. The van der Waals surface area contributed by atoms with Crippen molar-refractivity contribution >= 4 is 15.8 Å². The van der Waals surface area contributed by atoms with Gasteiger partial charge in [0.25, 0.3) is 5.56 Å². The Morgan fingerprint density at radius 1 is 1.29 bits per heavy atom. The highest BCUT2D eigenvalue weighted by Gasteiger charge is 2.28. The van der Waals surface area contributed by atoms with Crippen molar-refractivity contribution in [2.24, 2.45) is 5.92 Å². The normalized spacial score (nSPS) is 21.4. The highest BCUT2D eigenvalue weighted by Crippen LogP contribution is 2.30. The van der Waals surface area contributed by atoms with Crippen LogP contribution in [0.15, 0.2) is 16.9 Å². The third kappa shape index (κ3) is 4.57. The summed E-state index contributed by atoms with van der Waals surface area (Å²) in [6, 6.07) is 3.21. The maximum Gasteiger partial charge on any atom is 0.266 e. The van der Waals surface area contributed by atoms with Gasteiger partial charge < -0.3 is 4.90 Å². The van der Waals surface area contributed by atoms with E-state index in [2.05, 4.69) is 14.7 Å². The Labute approximate surface area is 143 Å². The lowest BCUT2D eigenvalue weighted by atomic mass is 10.3. The van der Waals surface area contributed by atoms with E-state index in [0.29, 0.717) is 25.4 Å². The van der Waals surface area contributed by atoms with E-state index in [1.54, 1.807) is 16.8 Å².